The Morgan fingerprint density at radius 2 is 2.08 bits per heavy atom. The Hall–Kier alpha value is -1.89. The average molecular weight is 376 g/mol. The largest absolute Gasteiger partial charge is 0.338 e. The molecule has 1 amide bonds. The smallest absolute Gasteiger partial charge is 0.246 e. The lowest BCUT2D eigenvalue weighted by Gasteiger charge is -2.20. The van der Waals surface area contributed by atoms with E-state index in [0.29, 0.717) is 5.02 Å². The van der Waals surface area contributed by atoms with Crippen LogP contribution in [0, 0.1) is 0 Å². The van der Waals surface area contributed by atoms with E-state index in [-0.39, 0.29) is 5.91 Å². The number of carbonyl (C=O) groups is 1. The SMILES string of the molecule is CN(C)C/C=C/C(=O)N1CCCN(Cc2cn3cc(Cl)ccc3n2)CC1. The average Bonchev–Trinajstić information content (AvgIpc) is 2.82. The van der Waals surface area contributed by atoms with Crippen LogP contribution in [0.15, 0.2) is 36.7 Å². The number of halogens is 1. The highest BCUT2D eigenvalue weighted by atomic mass is 35.5. The van der Waals surface area contributed by atoms with Gasteiger partial charge in [0.25, 0.3) is 0 Å². The number of pyridine rings is 1. The number of likely N-dealkylation sites (N-methyl/N-ethyl adjacent to an activating group) is 1. The summed E-state index contributed by atoms with van der Waals surface area (Å²) in [5.74, 6) is 0.107. The molecule has 7 heteroatoms. The maximum atomic E-state index is 12.3. The standard InChI is InChI=1S/C19H26ClN5O/c1-22(2)8-3-5-19(26)24-10-4-9-23(11-12-24)14-17-15-25-13-16(20)6-7-18(25)21-17/h3,5-7,13,15H,4,8-12,14H2,1-2H3/b5-3+. The number of hydrogen-bond acceptors (Lipinski definition) is 4. The summed E-state index contributed by atoms with van der Waals surface area (Å²) < 4.78 is 1.96. The summed E-state index contributed by atoms with van der Waals surface area (Å²) in [6, 6.07) is 3.78. The minimum atomic E-state index is 0.107. The quantitative estimate of drug-likeness (QED) is 0.751. The number of amides is 1. The summed E-state index contributed by atoms with van der Waals surface area (Å²) in [6.45, 7) is 4.97. The second kappa shape index (κ2) is 8.66. The lowest BCUT2D eigenvalue weighted by molar-refractivity contribution is -0.125. The van der Waals surface area contributed by atoms with Crippen molar-refractivity contribution in [3.63, 3.8) is 0 Å². The molecule has 26 heavy (non-hydrogen) atoms. The third kappa shape index (κ3) is 5.06. The molecular formula is C19H26ClN5O. The van der Waals surface area contributed by atoms with Crippen LogP contribution in [0.5, 0.6) is 0 Å². The van der Waals surface area contributed by atoms with E-state index in [1.54, 1.807) is 6.08 Å². The Balaban J connectivity index is 1.56. The molecule has 0 unspecified atom stereocenters. The van der Waals surface area contributed by atoms with Gasteiger partial charge in [-0.3, -0.25) is 9.69 Å². The van der Waals surface area contributed by atoms with Crippen LogP contribution in [0.4, 0.5) is 0 Å². The van der Waals surface area contributed by atoms with E-state index in [1.807, 2.05) is 58.9 Å². The van der Waals surface area contributed by atoms with Gasteiger partial charge in [-0.25, -0.2) is 4.98 Å². The fourth-order valence-electron chi connectivity index (χ4n) is 3.14. The molecule has 0 radical (unpaired) electrons. The van der Waals surface area contributed by atoms with Gasteiger partial charge in [-0.1, -0.05) is 17.7 Å². The molecule has 0 N–H and O–H groups in total. The first-order chi connectivity index (χ1) is 12.5. The number of nitrogens with zero attached hydrogens (tertiary/aromatic N) is 5. The third-order valence-corrected chi connectivity index (χ3v) is 4.71. The minimum absolute atomic E-state index is 0.107. The van der Waals surface area contributed by atoms with Crippen molar-refractivity contribution < 1.29 is 4.79 Å². The van der Waals surface area contributed by atoms with Gasteiger partial charge in [-0.05, 0) is 32.6 Å². The molecule has 0 atom stereocenters. The van der Waals surface area contributed by atoms with E-state index in [0.717, 1.165) is 57.0 Å². The number of fused-ring (bicyclic) bond motifs is 1. The van der Waals surface area contributed by atoms with Crippen molar-refractivity contribution in [2.75, 3.05) is 46.8 Å². The van der Waals surface area contributed by atoms with E-state index in [2.05, 4.69) is 9.88 Å². The minimum Gasteiger partial charge on any atom is -0.338 e. The molecular weight excluding hydrogens is 350 g/mol. The maximum absolute atomic E-state index is 12.3. The van der Waals surface area contributed by atoms with Crippen LogP contribution in [0.1, 0.15) is 12.1 Å². The Bertz CT molecular complexity index is 785. The van der Waals surface area contributed by atoms with Gasteiger partial charge in [0.15, 0.2) is 0 Å². The molecule has 0 spiro atoms. The first-order valence-electron chi connectivity index (χ1n) is 8.97. The van der Waals surface area contributed by atoms with Crippen molar-refractivity contribution in [1.82, 2.24) is 24.1 Å². The normalized spacial score (nSPS) is 16.7. The second-order valence-corrected chi connectivity index (χ2v) is 7.40. The van der Waals surface area contributed by atoms with Gasteiger partial charge in [-0.2, -0.15) is 0 Å². The van der Waals surface area contributed by atoms with Crippen LogP contribution in [-0.4, -0.2) is 76.8 Å². The van der Waals surface area contributed by atoms with Gasteiger partial charge in [0.05, 0.1) is 10.7 Å². The molecule has 1 fully saturated rings. The van der Waals surface area contributed by atoms with Gasteiger partial charge >= 0.3 is 0 Å². The van der Waals surface area contributed by atoms with Crippen molar-refractivity contribution in [3.05, 3.63) is 47.4 Å². The van der Waals surface area contributed by atoms with Crippen LogP contribution in [-0.2, 0) is 11.3 Å². The molecule has 0 aliphatic carbocycles. The van der Waals surface area contributed by atoms with Gasteiger partial charge in [-0.15, -0.1) is 0 Å². The molecule has 0 saturated carbocycles. The lowest BCUT2D eigenvalue weighted by atomic mass is 10.3. The van der Waals surface area contributed by atoms with Crippen molar-refractivity contribution in [1.29, 1.82) is 0 Å². The third-order valence-electron chi connectivity index (χ3n) is 4.48. The summed E-state index contributed by atoms with van der Waals surface area (Å²) in [4.78, 5) is 23.3. The molecule has 3 rings (SSSR count). The fraction of sp³-hybridized carbons (Fsp3) is 0.474. The number of imidazole rings is 1. The second-order valence-electron chi connectivity index (χ2n) is 6.96. The Labute approximate surface area is 159 Å². The van der Waals surface area contributed by atoms with E-state index in [4.69, 9.17) is 11.6 Å². The van der Waals surface area contributed by atoms with Gasteiger partial charge in [0, 0.05) is 57.7 Å². The molecule has 1 aliphatic rings. The molecule has 1 saturated heterocycles. The summed E-state index contributed by atoms with van der Waals surface area (Å²) in [5, 5.41) is 0.702. The molecule has 0 bridgehead atoms. The molecule has 6 nitrogen and oxygen atoms in total. The highest BCUT2D eigenvalue weighted by Crippen LogP contribution is 2.14. The number of hydrogen-bond donors (Lipinski definition) is 0. The van der Waals surface area contributed by atoms with Crippen molar-refractivity contribution >= 4 is 23.2 Å². The number of aromatic nitrogens is 2. The molecule has 2 aromatic heterocycles. The molecule has 1 aliphatic heterocycles. The number of rotatable bonds is 5. The molecule has 3 heterocycles. The molecule has 0 aromatic carbocycles. The zero-order valence-corrected chi connectivity index (χ0v) is 16.2. The van der Waals surface area contributed by atoms with Crippen LogP contribution >= 0.6 is 11.6 Å². The van der Waals surface area contributed by atoms with E-state index in [1.165, 1.54) is 0 Å². The highest BCUT2D eigenvalue weighted by molar-refractivity contribution is 6.30. The Morgan fingerprint density at radius 3 is 2.88 bits per heavy atom. The topological polar surface area (TPSA) is 44.1 Å². The monoisotopic (exact) mass is 375 g/mol. The predicted octanol–water partition coefficient (Wildman–Crippen LogP) is 2.14. The van der Waals surface area contributed by atoms with Gasteiger partial charge in [0.2, 0.25) is 5.91 Å². The van der Waals surface area contributed by atoms with E-state index in [9.17, 15) is 4.79 Å². The van der Waals surface area contributed by atoms with E-state index >= 15 is 0 Å². The Morgan fingerprint density at radius 1 is 1.23 bits per heavy atom. The van der Waals surface area contributed by atoms with Crippen molar-refractivity contribution in [2.45, 2.75) is 13.0 Å². The zero-order valence-electron chi connectivity index (χ0n) is 15.4. The van der Waals surface area contributed by atoms with Crippen LogP contribution in [0.25, 0.3) is 5.65 Å². The summed E-state index contributed by atoms with van der Waals surface area (Å²) >= 11 is 6.04. The summed E-state index contributed by atoms with van der Waals surface area (Å²) in [6.07, 6.45) is 8.50. The maximum Gasteiger partial charge on any atom is 0.246 e. The van der Waals surface area contributed by atoms with Gasteiger partial charge < -0.3 is 14.2 Å². The van der Waals surface area contributed by atoms with Crippen LogP contribution in [0.3, 0.4) is 0 Å². The fourth-order valence-corrected chi connectivity index (χ4v) is 3.31. The van der Waals surface area contributed by atoms with Crippen LogP contribution < -0.4 is 0 Å². The summed E-state index contributed by atoms with van der Waals surface area (Å²) in [5.41, 5.74) is 1.93. The first kappa shape index (κ1) is 18.9. The van der Waals surface area contributed by atoms with E-state index < -0.39 is 0 Å². The Kier molecular flexibility index (Phi) is 6.29. The number of carbonyl (C=O) groups excluding carboxylic acids is 1. The lowest BCUT2D eigenvalue weighted by Crippen LogP contribution is -2.34. The highest BCUT2D eigenvalue weighted by Gasteiger charge is 2.18. The van der Waals surface area contributed by atoms with Crippen molar-refractivity contribution in [3.8, 4) is 0 Å². The summed E-state index contributed by atoms with van der Waals surface area (Å²) in [7, 11) is 3.98. The zero-order chi connectivity index (χ0) is 18.5. The molecule has 140 valence electrons. The van der Waals surface area contributed by atoms with Crippen molar-refractivity contribution in [2.24, 2.45) is 0 Å². The molecule has 2 aromatic rings. The van der Waals surface area contributed by atoms with Gasteiger partial charge in [0.1, 0.15) is 5.65 Å². The van der Waals surface area contributed by atoms with Crippen LogP contribution in [0.2, 0.25) is 5.02 Å². The predicted molar refractivity (Wildman–Crippen MR) is 104 cm³/mol. The first-order valence-corrected chi connectivity index (χ1v) is 9.35.